The van der Waals surface area contributed by atoms with Crippen molar-refractivity contribution in [2.75, 3.05) is 39.8 Å². The van der Waals surface area contributed by atoms with Crippen LogP contribution in [0.1, 0.15) is 71.6 Å². The van der Waals surface area contributed by atoms with E-state index in [1.165, 1.54) is 45.6 Å². The van der Waals surface area contributed by atoms with Crippen LogP contribution in [0.25, 0.3) is 0 Å². The maximum Gasteiger partial charge on any atom is 0.416 e. The van der Waals surface area contributed by atoms with E-state index in [-0.39, 0.29) is 18.7 Å². The normalized spacial score (nSPS) is 19.2. The number of nitrogens with zero attached hydrogens (tertiary/aromatic N) is 2. The number of rotatable bonds is 7. The highest BCUT2D eigenvalue weighted by atomic mass is 19.4. The lowest BCUT2D eigenvalue weighted by Crippen LogP contribution is -2.52. The quantitative estimate of drug-likeness (QED) is 0.303. The van der Waals surface area contributed by atoms with Crippen LogP contribution in [0, 0.1) is 0 Å². The second-order valence-corrected chi connectivity index (χ2v) is 10.5. The van der Waals surface area contributed by atoms with Crippen LogP contribution in [0.3, 0.4) is 0 Å². The summed E-state index contributed by atoms with van der Waals surface area (Å²) < 4.78 is 85.5. The number of hydrogen-bond acceptors (Lipinski definition) is 4. The van der Waals surface area contributed by atoms with Crippen molar-refractivity contribution < 1.29 is 35.9 Å². The van der Waals surface area contributed by atoms with Crippen molar-refractivity contribution in [2.45, 2.75) is 63.0 Å². The highest BCUT2D eigenvalue weighted by Crippen LogP contribution is 2.37. The Morgan fingerprint density at radius 3 is 2.02 bits per heavy atom. The van der Waals surface area contributed by atoms with Gasteiger partial charge in [0.25, 0.3) is 5.91 Å². The molecule has 2 aromatic rings. The molecule has 1 unspecified atom stereocenters. The monoisotopic (exact) mass is 571 g/mol. The molecule has 5 nitrogen and oxygen atoms in total. The Bertz CT molecular complexity index is 1110. The SMILES string of the molecule is COc1ccccc1C(CNC(=O)c1cc(C(F)(F)F)cc(C(F)(F)F)c1)N1CCN(C2CCCCCC2)CC1. The Kier molecular flexibility index (Phi) is 9.66. The average Bonchev–Trinajstić information content (AvgIpc) is 3.22. The average molecular weight is 572 g/mol. The fourth-order valence-electron chi connectivity index (χ4n) is 5.79. The van der Waals surface area contributed by atoms with Crippen LogP contribution in [0.5, 0.6) is 5.75 Å². The first-order valence-electron chi connectivity index (χ1n) is 13.7. The minimum absolute atomic E-state index is 0.0137. The maximum atomic E-state index is 13.3. The Morgan fingerprint density at radius 2 is 1.48 bits per heavy atom. The lowest BCUT2D eigenvalue weighted by atomic mass is 10.0. The molecule has 0 radical (unpaired) electrons. The van der Waals surface area contributed by atoms with Crippen molar-refractivity contribution in [2.24, 2.45) is 0 Å². The number of nitrogens with one attached hydrogen (secondary N) is 1. The third-order valence-corrected chi connectivity index (χ3v) is 7.93. The summed E-state index contributed by atoms with van der Waals surface area (Å²) in [5.41, 5.74) is -2.96. The molecule has 11 heteroatoms. The molecule has 2 aliphatic rings. The molecule has 1 heterocycles. The van der Waals surface area contributed by atoms with Gasteiger partial charge in [0.2, 0.25) is 0 Å². The van der Waals surface area contributed by atoms with E-state index in [9.17, 15) is 31.1 Å². The van der Waals surface area contributed by atoms with E-state index in [1.54, 1.807) is 6.07 Å². The Hall–Kier alpha value is -2.79. The number of hydrogen-bond donors (Lipinski definition) is 1. The first kappa shape index (κ1) is 30.2. The molecule has 2 aromatic carbocycles. The van der Waals surface area contributed by atoms with Gasteiger partial charge in [0.15, 0.2) is 0 Å². The van der Waals surface area contributed by atoms with Gasteiger partial charge in [-0.25, -0.2) is 0 Å². The Morgan fingerprint density at radius 1 is 0.900 bits per heavy atom. The molecule has 1 saturated heterocycles. The summed E-state index contributed by atoms with van der Waals surface area (Å²) in [5.74, 6) is -0.417. The minimum Gasteiger partial charge on any atom is -0.496 e. The molecule has 4 rings (SSSR count). The third-order valence-electron chi connectivity index (χ3n) is 7.93. The lowest BCUT2D eigenvalue weighted by molar-refractivity contribution is -0.143. The molecule has 40 heavy (non-hydrogen) atoms. The van der Waals surface area contributed by atoms with E-state index in [2.05, 4.69) is 15.1 Å². The minimum atomic E-state index is -5.03. The number of carbonyl (C=O) groups excluding carboxylic acids is 1. The second kappa shape index (κ2) is 12.8. The standard InChI is InChI=1S/C29H35F6N3O2/c1-40-26-11-7-6-10-24(26)25(38-14-12-37(13-15-38)23-8-4-2-3-5-9-23)19-36-27(39)20-16-21(28(30,31)32)18-22(17-20)29(33,34)35/h6-7,10-11,16-18,23,25H,2-5,8-9,12-15,19H2,1H3,(H,36,39). The van der Waals surface area contributed by atoms with Gasteiger partial charge in [0, 0.05) is 49.9 Å². The van der Waals surface area contributed by atoms with E-state index >= 15 is 0 Å². The fourth-order valence-corrected chi connectivity index (χ4v) is 5.79. The van der Waals surface area contributed by atoms with E-state index in [4.69, 9.17) is 4.74 Å². The molecule has 0 aromatic heterocycles. The van der Waals surface area contributed by atoms with Crippen molar-refractivity contribution >= 4 is 5.91 Å². The van der Waals surface area contributed by atoms with Crippen LogP contribution >= 0.6 is 0 Å². The molecule has 1 atom stereocenters. The first-order valence-corrected chi connectivity index (χ1v) is 13.7. The largest absolute Gasteiger partial charge is 0.496 e. The third kappa shape index (κ3) is 7.48. The molecule has 1 amide bonds. The zero-order chi connectivity index (χ0) is 28.9. The molecular weight excluding hydrogens is 536 g/mol. The van der Waals surface area contributed by atoms with Crippen LogP contribution in [0.15, 0.2) is 42.5 Å². The fraction of sp³-hybridized carbons (Fsp3) is 0.552. The molecular formula is C29H35F6N3O2. The van der Waals surface area contributed by atoms with Crippen LogP contribution in [-0.2, 0) is 12.4 Å². The molecule has 0 bridgehead atoms. The molecule has 1 aliphatic heterocycles. The number of piperazine rings is 1. The lowest BCUT2D eigenvalue weighted by Gasteiger charge is -2.42. The van der Waals surface area contributed by atoms with E-state index in [0.717, 1.165) is 18.7 Å². The summed E-state index contributed by atoms with van der Waals surface area (Å²) in [6.45, 7) is 3.08. The predicted octanol–water partition coefficient (Wildman–Crippen LogP) is 6.54. The molecule has 1 aliphatic carbocycles. The Balaban J connectivity index is 1.53. The van der Waals surface area contributed by atoms with Crippen LogP contribution in [-0.4, -0.2) is 61.6 Å². The van der Waals surface area contributed by atoms with Gasteiger partial charge in [-0.05, 0) is 37.1 Å². The molecule has 1 saturated carbocycles. The maximum absolute atomic E-state index is 13.3. The van der Waals surface area contributed by atoms with Crippen molar-refractivity contribution in [1.29, 1.82) is 0 Å². The molecule has 220 valence electrons. The highest BCUT2D eigenvalue weighted by Gasteiger charge is 2.38. The van der Waals surface area contributed by atoms with Crippen molar-refractivity contribution in [3.8, 4) is 5.75 Å². The summed E-state index contributed by atoms with van der Waals surface area (Å²) in [4.78, 5) is 17.7. The summed E-state index contributed by atoms with van der Waals surface area (Å²) in [5, 5.41) is 2.60. The molecule has 0 spiro atoms. The van der Waals surface area contributed by atoms with E-state index < -0.39 is 35.0 Å². The number of para-hydroxylation sites is 1. The van der Waals surface area contributed by atoms with Gasteiger partial charge in [-0.3, -0.25) is 14.6 Å². The van der Waals surface area contributed by atoms with Crippen molar-refractivity contribution in [3.05, 3.63) is 64.7 Å². The van der Waals surface area contributed by atoms with Crippen molar-refractivity contribution in [3.63, 3.8) is 0 Å². The van der Waals surface area contributed by atoms with Gasteiger partial charge >= 0.3 is 12.4 Å². The second-order valence-electron chi connectivity index (χ2n) is 10.5. The number of benzene rings is 2. The van der Waals surface area contributed by atoms with Crippen molar-refractivity contribution in [1.82, 2.24) is 15.1 Å². The summed E-state index contributed by atoms with van der Waals surface area (Å²) in [6, 6.07) is 8.38. The number of halogens is 6. The summed E-state index contributed by atoms with van der Waals surface area (Å²) in [7, 11) is 1.53. The Labute approximate surface area is 230 Å². The number of alkyl halides is 6. The van der Waals surface area contributed by atoms with E-state index in [0.29, 0.717) is 37.0 Å². The van der Waals surface area contributed by atoms with Gasteiger partial charge < -0.3 is 10.1 Å². The molecule has 1 N–H and O–H groups in total. The zero-order valence-electron chi connectivity index (χ0n) is 22.5. The van der Waals surface area contributed by atoms with Gasteiger partial charge in [-0.2, -0.15) is 26.3 Å². The topological polar surface area (TPSA) is 44.8 Å². The smallest absolute Gasteiger partial charge is 0.416 e. The van der Waals surface area contributed by atoms with Gasteiger partial charge in [0.05, 0.1) is 24.3 Å². The molecule has 2 fully saturated rings. The number of amides is 1. The summed E-state index contributed by atoms with van der Waals surface area (Å²) >= 11 is 0. The number of ether oxygens (including phenoxy) is 1. The predicted molar refractivity (Wildman–Crippen MR) is 139 cm³/mol. The van der Waals surface area contributed by atoms with Crippen LogP contribution in [0.4, 0.5) is 26.3 Å². The van der Waals surface area contributed by atoms with Crippen LogP contribution < -0.4 is 10.1 Å². The van der Waals surface area contributed by atoms with E-state index in [1.807, 2.05) is 18.2 Å². The van der Waals surface area contributed by atoms with Gasteiger partial charge in [0.1, 0.15) is 5.75 Å². The van der Waals surface area contributed by atoms with Crippen LogP contribution in [0.2, 0.25) is 0 Å². The number of methoxy groups -OCH3 is 1. The van der Waals surface area contributed by atoms with Gasteiger partial charge in [-0.1, -0.05) is 43.9 Å². The first-order chi connectivity index (χ1) is 19.0. The number of carbonyl (C=O) groups is 1. The zero-order valence-corrected chi connectivity index (χ0v) is 22.5. The summed E-state index contributed by atoms with van der Waals surface area (Å²) in [6.07, 6.45) is -2.71. The van der Waals surface area contributed by atoms with Gasteiger partial charge in [-0.15, -0.1) is 0 Å². The highest BCUT2D eigenvalue weighted by molar-refractivity contribution is 5.94.